The zero-order chi connectivity index (χ0) is 54.3. The summed E-state index contributed by atoms with van der Waals surface area (Å²) in [6, 6.07) is 0. The zero-order valence-electron chi connectivity index (χ0n) is 50.3. The van der Waals surface area contributed by atoms with Crippen molar-refractivity contribution < 1.29 is 28.6 Å². The molecule has 0 amide bonds. The van der Waals surface area contributed by atoms with Gasteiger partial charge in [0.05, 0.1) is 0 Å². The Balaban J connectivity index is 3.93. The van der Waals surface area contributed by atoms with E-state index in [1.807, 2.05) is 0 Å². The van der Waals surface area contributed by atoms with Crippen molar-refractivity contribution in [2.45, 2.75) is 361 Å². The lowest BCUT2D eigenvalue weighted by Gasteiger charge is -2.18. The van der Waals surface area contributed by atoms with Crippen molar-refractivity contribution in [2.75, 3.05) is 13.2 Å². The minimum Gasteiger partial charge on any atom is -0.462 e. The summed E-state index contributed by atoms with van der Waals surface area (Å²) < 4.78 is 16.9. The number of carbonyl (C=O) groups is 3. The Bertz CT molecular complexity index is 1300. The molecule has 438 valence electrons. The van der Waals surface area contributed by atoms with Crippen LogP contribution in [0.5, 0.6) is 0 Å². The number of hydrogen-bond donors (Lipinski definition) is 0. The number of carbonyl (C=O) groups excluding carboxylic acids is 3. The van der Waals surface area contributed by atoms with Crippen LogP contribution in [0.1, 0.15) is 355 Å². The quantitative estimate of drug-likeness (QED) is 0.0261. The Morgan fingerprint density at radius 1 is 0.280 bits per heavy atom. The molecular weight excluding hydrogens is 925 g/mol. The second-order valence-corrected chi connectivity index (χ2v) is 22.4. The van der Waals surface area contributed by atoms with Gasteiger partial charge in [-0.1, -0.05) is 326 Å². The van der Waals surface area contributed by atoms with Crippen molar-refractivity contribution in [3.63, 3.8) is 0 Å². The van der Waals surface area contributed by atoms with Gasteiger partial charge < -0.3 is 14.2 Å². The van der Waals surface area contributed by atoms with Gasteiger partial charge in [-0.05, 0) is 57.8 Å². The fourth-order valence-corrected chi connectivity index (χ4v) is 9.91. The highest BCUT2D eigenvalue weighted by molar-refractivity contribution is 5.71. The molecule has 0 saturated carbocycles. The lowest BCUT2D eigenvalue weighted by molar-refractivity contribution is -0.167. The molecule has 0 radical (unpaired) electrons. The molecule has 6 heteroatoms. The summed E-state index contributed by atoms with van der Waals surface area (Å²) in [5.41, 5.74) is 0. The number of allylic oxidation sites excluding steroid dienone is 8. The number of hydrogen-bond acceptors (Lipinski definition) is 6. The third kappa shape index (κ3) is 62.1. The smallest absolute Gasteiger partial charge is 0.306 e. The van der Waals surface area contributed by atoms with Crippen LogP contribution in [-0.4, -0.2) is 37.2 Å². The molecule has 1 atom stereocenters. The van der Waals surface area contributed by atoms with E-state index in [-0.39, 0.29) is 31.1 Å². The number of unbranched alkanes of at least 4 members (excludes halogenated alkanes) is 42. The molecule has 6 nitrogen and oxygen atoms in total. The summed E-state index contributed by atoms with van der Waals surface area (Å²) in [5.74, 6) is -0.846. The topological polar surface area (TPSA) is 78.9 Å². The number of ether oxygens (including phenoxy) is 3. The van der Waals surface area contributed by atoms with Crippen molar-refractivity contribution in [1.29, 1.82) is 0 Å². The van der Waals surface area contributed by atoms with E-state index < -0.39 is 6.10 Å². The largest absolute Gasteiger partial charge is 0.462 e. The van der Waals surface area contributed by atoms with Crippen LogP contribution in [0, 0.1) is 0 Å². The van der Waals surface area contributed by atoms with Gasteiger partial charge in [-0.15, -0.1) is 0 Å². The van der Waals surface area contributed by atoms with Crippen LogP contribution in [0.15, 0.2) is 48.6 Å². The van der Waals surface area contributed by atoms with Gasteiger partial charge >= 0.3 is 17.9 Å². The molecular formula is C69H126O6. The molecule has 0 heterocycles. The highest BCUT2D eigenvalue weighted by atomic mass is 16.6. The maximum absolute atomic E-state index is 12.8. The third-order valence-electron chi connectivity index (χ3n) is 14.8. The minimum absolute atomic E-state index is 0.0653. The number of rotatable bonds is 61. The molecule has 0 rings (SSSR count). The summed E-state index contributed by atoms with van der Waals surface area (Å²) in [7, 11) is 0. The molecule has 1 unspecified atom stereocenters. The fraction of sp³-hybridized carbons (Fsp3) is 0.841. The number of esters is 3. The second kappa shape index (κ2) is 63.9. The van der Waals surface area contributed by atoms with Gasteiger partial charge in [-0.2, -0.15) is 0 Å². The molecule has 75 heavy (non-hydrogen) atoms. The Morgan fingerprint density at radius 2 is 0.520 bits per heavy atom. The summed E-state index contributed by atoms with van der Waals surface area (Å²) in [6.45, 7) is 6.55. The average Bonchev–Trinajstić information content (AvgIpc) is 3.41. The Kier molecular flexibility index (Phi) is 61.7. The summed E-state index contributed by atoms with van der Waals surface area (Å²) in [6.07, 6.45) is 80.2. The van der Waals surface area contributed by atoms with Crippen LogP contribution in [0.2, 0.25) is 0 Å². The molecule has 0 aliphatic heterocycles. The predicted molar refractivity (Wildman–Crippen MR) is 325 cm³/mol. The molecule has 0 fully saturated rings. The van der Waals surface area contributed by atoms with E-state index in [1.54, 1.807) is 0 Å². The molecule has 0 N–H and O–H groups in total. The molecule has 0 aromatic heterocycles. The van der Waals surface area contributed by atoms with Crippen molar-refractivity contribution in [3.05, 3.63) is 48.6 Å². The maximum Gasteiger partial charge on any atom is 0.306 e. The maximum atomic E-state index is 12.8. The summed E-state index contributed by atoms with van der Waals surface area (Å²) in [4.78, 5) is 38.1. The van der Waals surface area contributed by atoms with Crippen LogP contribution < -0.4 is 0 Å². The van der Waals surface area contributed by atoms with Gasteiger partial charge in [-0.3, -0.25) is 14.4 Å². The second-order valence-electron chi connectivity index (χ2n) is 22.4. The van der Waals surface area contributed by atoms with Crippen LogP contribution in [0.3, 0.4) is 0 Å². The van der Waals surface area contributed by atoms with E-state index in [0.29, 0.717) is 19.3 Å². The van der Waals surface area contributed by atoms with E-state index in [0.717, 1.165) is 83.5 Å². The molecule has 0 bridgehead atoms. The average molecular weight is 1050 g/mol. The van der Waals surface area contributed by atoms with Gasteiger partial charge in [0.2, 0.25) is 0 Å². The van der Waals surface area contributed by atoms with Crippen molar-refractivity contribution in [3.8, 4) is 0 Å². The SMILES string of the molecule is CC/C=C\C/C=C\C/C=C\C/C=C\CCCCCCCCCCCCCCCCCCCCCCCCC(=O)OCC(COC(=O)CCCCCCCCCC)OC(=O)CCCCCCCCCCCCCCCC. The Hall–Kier alpha value is -2.63. The van der Waals surface area contributed by atoms with E-state index in [9.17, 15) is 14.4 Å². The zero-order valence-corrected chi connectivity index (χ0v) is 50.3. The predicted octanol–water partition coefficient (Wildman–Crippen LogP) is 22.6. The Labute approximate surface area is 467 Å². The van der Waals surface area contributed by atoms with Gasteiger partial charge in [0.25, 0.3) is 0 Å². The van der Waals surface area contributed by atoms with Crippen LogP contribution >= 0.6 is 0 Å². The van der Waals surface area contributed by atoms with Gasteiger partial charge in [0.1, 0.15) is 13.2 Å². The van der Waals surface area contributed by atoms with Crippen LogP contribution in [0.25, 0.3) is 0 Å². The fourth-order valence-electron chi connectivity index (χ4n) is 9.91. The first-order chi connectivity index (χ1) is 37.0. The van der Waals surface area contributed by atoms with E-state index in [1.165, 1.54) is 231 Å². The normalized spacial score (nSPS) is 12.3. The minimum atomic E-state index is -0.764. The van der Waals surface area contributed by atoms with Crippen molar-refractivity contribution in [2.24, 2.45) is 0 Å². The highest BCUT2D eigenvalue weighted by Crippen LogP contribution is 2.18. The van der Waals surface area contributed by atoms with Gasteiger partial charge in [-0.25, -0.2) is 0 Å². The molecule has 0 saturated heterocycles. The first-order valence-electron chi connectivity index (χ1n) is 33.1. The molecule has 0 aromatic carbocycles. The van der Waals surface area contributed by atoms with Gasteiger partial charge in [0, 0.05) is 19.3 Å². The standard InChI is InChI=1S/C69H126O6/c1-4-7-10-13-16-19-21-23-25-26-27-28-29-30-31-32-33-34-35-36-37-38-39-40-41-42-43-44-45-47-48-50-53-56-59-62-68(71)74-65-66(64-73-67(70)61-58-55-52-18-15-12-9-6-3)75-69(72)63-60-57-54-51-49-46-24-22-20-17-14-11-8-5-2/h7,10,16,19,23,25,27-28,66H,4-6,8-9,11-15,17-18,20-22,24,26,29-65H2,1-3H3/b10-7-,19-16-,25-23-,28-27-. The molecule has 0 aliphatic rings. The lowest BCUT2D eigenvalue weighted by Crippen LogP contribution is -2.30. The molecule has 0 aromatic rings. The monoisotopic (exact) mass is 1050 g/mol. The third-order valence-corrected chi connectivity index (χ3v) is 14.8. The first-order valence-corrected chi connectivity index (χ1v) is 33.1. The first kappa shape index (κ1) is 72.4. The van der Waals surface area contributed by atoms with E-state index in [4.69, 9.17) is 14.2 Å². The van der Waals surface area contributed by atoms with E-state index in [2.05, 4.69) is 69.4 Å². The van der Waals surface area contributed by atoms with Crippen molar-refractivity contribution in [1.82, 2.24) is 0 Å². The summed E-state index contributed by atoms with van der Waals surface area (Å²) in [5, 5.41) is 0. The molecule has 0 aliphatic carbocycles. The van der Waals surface area contributed by atoms with Crippen LogP contribution in [-0.2, 0) is 28.6 Å². The highest BCUT2D eigenvalue weighted by Gasteiger charge is 2.19. The van der Waals surface area contributed by atoms with Gasteiger partial charge in [0.15, 0.2) is 6.10 Å². The van der Waals surface area contributed by atoms with Crippen molar-refractivity contribution >= 4 is 17.9 Å². The molecule has 0 spiro atoms. The lowest BCUT2D eigenvalue weighted by atomic mass is 10.0. The Morgan fingerprint density at radius 3 is 0.813 bits per heavy atom. The van der Waals surface area contributed by atoms with E-state index >= 15 is 0 Å². The van der Waals surface area contributed by atoms with Crippen LogP contribution in [0.4, 0.5) is 0 Å². The summed E-state index contributed by atoms with van der Waals surface area (Å²) >= 11 is 0.